The Morgan fingerprint density at radius 3 is 2.42 bits per heavy atom. The molecule has 0 spiro atoms. The minimum absolute atomic E-state index is 0.375. The van der Waals surface area contributed by atoms with Crippen LogP contribution in [0.4, 0.5) is 0 Å². The van der Waals surface area contributed by atoms with E-state index in [2.05, 4.69) is 83.6 Å². The average Bonchev–Trinajstić information content (AvgIpc) is 2.45. The van der Waals surface area contributed by atoms with Crippen LogP contribution in [0.25, 0.3) is 11.1 Å². The van der Waals surface area contributed by atoms with Crippen LogP contribution in [0, 0.1) is 0 Å². The Balaban J connectivity index is 2.32. The second-order valence-electron chi connectivity index (χ2n) is 4.77. The monoisotopic (exact) mass is 317 g/mol. The third-order valence-electron chi connectivity index (χ3n) is 3.28. The van der Waals surface area contributed by atoms with Gasteiger partial charge in [0.1, 0.15) is 0 Å². The molecule has 0 aliphatic rings. The molecular weight excluding hydrogens is 298 g/mol. The molecule has 0 fully saturated rings. The zero-order valence-corrected chi connectivity index (χ0v) is 13.1. The van der Waals surface area contributed by atoms with Gasteiger partial charge in [0.25, 0.3) is 0 Å². The fourth-order valence-corrected chi connectivity index (χ4v) is 2.50. The van der Waals surface area contributed by atoms with Gasteiger partial charge in [0.05, 0.1) is 0 Å². The first kappa shape index (κ1) is 14.3. The summed E-state index contributed by atoms with van der Waals surface area (Å²) in [6, 6.07) is 17.5. The number of nitrogens with one attached hydrogen (secondary N) is 1. The molecule has 1 atom stereocenters. The van der Waals surface area contributed by atoms with Gasteiger partial charge in [-0.1, -0.05) is 59.3 Å². The van der Waals surface area contributed by atoms with Gasteiger partial charge in [0, 0.05) is 10.5 Å². The minimum atomic E-state index is 0.375. The molecule has 1 N–H and O–H groups in total. The van der Waals surface area contributed by atoms with E-state index in [1.165, 1.54) is 16.7 Å². The Morgan fingerprint density at radius 2 is 1.74 bits per heavy atom. The van der Waals surface area contributed by atoms with E-state index in [0.29, 0.717) is 6.04 Å². The Morgan fingerprint density at radius 1 is 1.05 bits per heavy atom. The van der Waals surface area contributed by atoms with Crippen molar-refractivity contribution in [3.63, 3.8) is 0 Å². The maximum atomic E-state index is 3.56. The minimum Gasteiger partial charge on any atom is -0.310 e. The Bertz CT molecular complexity index is 519. The largest absolute Gasteiger partial charge is 0.310 e. The molecule has 0 radical (unpaired) electrons. The average molecular weight is 318 g/mol. The highest BCUT2D eigenvalue weighted by atomic mass is 79.9. The molecule has 1 nitrogen and oxygen atoms in total. The van der Waals surface area contributed by atoms with E-state index < -0.39 is 0 Å². The van der Waals surface area contributed by atoms with Gasteiger partial charge in [0.15, 0.2) is 0 Å². The van der Waals surface area contributed by atoms with Gasteiger partial charge in [-0.25, -0.2) is 0 Å². The van der Waals surface area contributed by atoms with Crippen molar-refractivity contribution in [3.05, 3.63) is 58.6 Å². The number of hydrogen-bond acceptors (Lipinski definition) is 1. The number of halogens is 1. The van der Waals surface area contributed by atoms with Crippen LogP contribution in [0.15, 0.2) is 53.0 Å². The van der Waals surface area contributed by atoms with Gasteiger partial charge in [-0.3, -0.25) is 0 Å². The zero-order valence-electron chi connectivity index (χ0n) is 11.5. The smallest absolute Gasteiger partial charge is 0.0297 e. The summed E-state index contributed by atoms with van der Waals surface area (Å²) in [4.78, 5) is 0. The summed E-state index contributed by atoms with van der Waals surface area (Å²) >= 11 is 3.49. The van der Waals surface area contributed by atoms with Crippen LogP contribution >= 0.6 is 15.9 Å². The highest BCUT2D eigenvalue weighted by Crippen LogP contribution is 2.29. The van der Waals surface area contributed by atoms with Crippen LogP contribution in [0.3, 0.4) is 0 Å². The molecule has 1 unspecified atom stereocenters. The van der Waals surface area contributed by atoms with Crippen LogP contribution in [-0.4, -0.2) is 6.54 Å². The van der Waals surface area contributed by atoms with Gasteiger partial charge in [-0.15, -0.1) is 0 Å². The summed E-state index contributed by atoms with van der Waals surface area (Å²) in [5.41, 5.74) is 3.94. The number of benzene rings is 2. The van der Waals surface area contributed by atoms with Crippen molar-refractivity contribution in [1.82, 2.24) is 5.32 Å². The highest BCUT2D eigenvalue weighted by molar-refractivity contribution is 9.10. The van der Waals surface area contributed by atoms with Gasteiger partial charge in [-0.05, 0) is 48.7 Å². The fraction of sp³-hybridized carbons (Fsp3) is 0.294. The standard InChI is InChI=1S/C17H20BrN/c1-3-12-19-13(2)16-6-4-5-7-17(16)14-8-10-15(18)11-9-14/h4-11,13,19H,3,12H2,1-2H3. The molecule has 0 saturated carbocycles. The van der Waals surface area contributed by atoms with Gasteiger partial charge < -0.3 is 5.32 Å². The molecule has 2 aromatic carbocycles. The lowest BCUT2D eigenvalue weighted by Crippen LogP contribution is -2.19. The maximum absolute atomic E-state index is 3.56. The normalized spacial score (nSPS) is 12.4. The molecule has 0 heterocycles. The van der Waals surface area contributed by atoms with Crippen LogP contribution in [0.1, 0.15) is 31.9 Å². The molecule has 0 saturated heterocycles. The van der Waals surface area contributed by atoms with Crippen LogP contribution in [-0.2, 0) is 0 Å². The fourth-order valence-electron chi connectivity index (χ4n) is 2.24. The van der Waals surface area contributed by atoms with Crippen LogP contribution in [0.2, 0.25) is 0 Å². The molecule has 0 bridgehead atoms. The van der Waals surface area contributed by atoms with Crippen molar-refractivity contribution in [2.24, 2.45) is 0 Å². The van der Waals surface area contributed by atoms with Crippen molar-refractivity contribution in [3.8, 4) is 11.1 Å². The number of hydrogen-bond donors (Lipinski definition) is 1. The third-order valence-corrected chi connectivity index (χ3v) is 3.81. The SMILES string of the molecule is CCCNC(C)c1ccccc1-c1ccc(Br)cc1. The van der Waals surface area contributed by atoms with Gasteiger partial charge in [-0.2, -0.15) is 0 Å². The molecule has 19 heavy (non-hydrogen) atoms. The van der Waals surface area contributed by atoms with E-state index >= 15 is 0 Å². The summed E-state index contributed by atoms with van der Waals surface area (Å²) in [6.45, 7) is 5.48. The summed E-state index contributed by atoms with van der Waals surface area (Å²) in [7, 11) is 0. The summed E-state index contributed by atoms with van der Waals surface area (Å²) < 4.78 is 1.12. The highest BCUT2D eigenvalue weighted by Gasteiger charge is 2.10. The van der Waals surface area contributed by atoms with Crippen LogP contribution < -0.4 is 5.32 Å². The van der Waals surface area contributed by atoms with E-state index in [-0.39, 0.29) is 0 Å². The van der Waals surface area contributed by atoms with E-state index in [1.54, 1.807) is 0 Å². The van der Waals surface area contributed by atoms with E-state index in [0.717, 1.165) is 17.4 Å². The van der Waals surface area contributed by atoms with Gasteiger partial charge in [0.2, 0.25) is 0 Å². The predicted molar refractivity (Wildman–Crippen MR) is 86.3 cm³/mol. The lowest BCUT2D eigenvalue weighted by Gasteiger charge is -2.18. The first-order valence-corrected chi connectivity index (χ1v) is 7.60. The molecule has 0 aromatic heterocycles. The second kappa shape index (κ2) is 6.88. The van der Waals surface area contributed by atoms with E-state index in [9.17, 15) is 0 Å². The summed E-state index contributed by atoms with van der Waals surface area (Å²) in [6.07, 6.45) is 1.16. The first-order chi connectivity index (χ1) is 9.22. The molecule has 2 rings (SSSR count). The van der Waals surface area contributed by atoms with Crippen molar-refractivity contribution < 1.29 is 0 Å². The number of rotatable bonds is 5. The zero-order chi connectivity index (χ0) is 13.7. The van der Waals surface area contributed by atoms with Crippen molar-refractivity contribution in [2.75, 3.05) is 6.54 Å². The lowest BCUT2D eigenvalue weighted by atomic mass is 9.95. The van der Waals surface area contributed by atoms with Crippen molar-refractivity contribution in [1.29, 1.82) is 0 Å². The molecular formula is C17H20BrN. The maximum Gasteiger partial charge on any atom is 0.0297 e. The Hall–Kier alpha value is -1.12. The van der Waals surface area contributed by atoms with Crippen LogP contribution in [0.5, 0.6) is 0 Å². The predicted octanol–water partition coefficient (Wildman–Crippen LogP) is 5.18. The van der Waals surface area contributed by atoms with Gasteiger partial charge >= 0.3 is 0 Å². The molecule has 2 aromatic rings. The first-order valence-electron chi connectivity index (χ1n) is 6.80. The van der Waals surface area contributed by atoms with E-state index in [1.807, 2.05) is 0 Å². The molecule has 0 aliphatic carbocycles. The molecule has 100 valence electrons. The molecule has 2 heteroatoms. The Kier molecular flexibility index (Phi) is 5.17. The molecule has 0 aliphatic heterocycles. The Labute approximate surface area is 124 Å². The molecule has 0 amide bonds. The second-order valence-corrected chi connectivity index (χ2v) is 5.69. The lowest BCUT2D eigenvalue weighted by molar-refractivity contribution is 0.572. The van der Waals surface area contributed by atoms with E-state index in [4.69, 9.17) is 0 Å². The van der Waals surface area contributed by atoms with Crippen molar-refractivity contribution in [2.45, 2.75) is 26.3 Å². The summed E-state index contributed by atoms with van der Waals surface area (Å²) in [5, 5.41) is 3.56. The van der Waals surface area contributed by atoms with Crippen molar-refractivity contribution >= 4 is 15.9 Å². The topological polar surface area (TPSA) is 12.0 Å². The summed E-state index contributed by atoms with van der Waals surface area (Å²) in [5.74, 6) is 0. The quantitative estimate of drug-likeness (QED) is 0.801. The third kappa shape index (κ3) is 3.68.